The van der Waals surface area contributed by atoms with Gasteiger partial charge in [0.15, 0.2) is 6.29 Å². The quantitative estimate of drug-likeness (QED) is 0.151. The second kappa shape index (κ2) is 21.3. The van der Waals surface area contributed by atoms with Crippen molar-refractivity contribution >= 4 is 5.90 Å². The van der Waals surface area contributed by atoms with Crippen LogP contribution in [0.25, 0.3) is 0 Å². The Balaban J connectivity index is 0.00000326. The summed E-state index contributed by atoms with van der Waals surface area (Å²) in [5.74, 6) is 0.351. The van der Waals surface area contributed by atoms with Crippen LogP contribution >= 0.6 is 0 Å². The first-order chi connectivity index (χ1) is 18.3. The highest BCUT2D eigenvalue weighted by Gasteiger charge is 2.30. The van der Waals surface area contributed by atoms with E-state index in [4.69, 9.17) is 19.7 Å². The van der Waals surface area contributed by atoms with Gasteiger partial charge in [-0.05, 0) is 56.9 Å². The first-order valence-electron chi connectivity index (χ1n) is 13.0. The molecule has 1 aliphatic rings. The van der Waals surface area contributed by atoms with Gasteiger partial charge in [0, 0.05) is 31.7 Å². The Morgan fingerprint density at radius 3 is 2.05 bits per heavy atom. The Morgan fingerprint density at radius 1 is 1.03 bits per heavy atom. The molecule has 38 heavy (non-hydrogen) atoms. The Kier molecular flexibility index (Phi) is 19.8. The smallest absolute Gasteiger partial charge is 0.416 e. The molecule has 2 rings (SSSR count). The molecule has 0 aliphatic carbocycles. The van der Waals surface area contributed by atoms with E-state index >= 15 is 0 Å². The van der Waals surface area contributed by atoms with Crippen LogP contribution in [-0.2, 0) is 15.7 Å². The summed E-state index contributed by atoms with van der Waals surface area (Å²) in [5, 5.41) is 18.0. The fourth-order valence-electron chi connectivity index (χ4n) is 3.47. The minimum absolute atomic E-state index is 0.0836. The van der Waals surface area contributed by atoms with Gasteiger partial charge >= 0.3 is 6.18 Å². The average molecular weight is 541 g/mol. The molecule has 9 heteroatoms. The lowest BCUT2D eigenvalue weighted by atomic mass is 10.1. The van der Waals surface area contributed by atoms with Crippen LogP contribution in [0.15, 0.2) is 53.6 Å². The van der Waals surface area contributed by atoms with Crippen molar-refractivity contribution in [2.75, 3.05) is 39.4 Å². The summed E-state index contributed by atoms with van der Waals surface area (Å²) in [6.45, 7) is 8.96. The third-order valence-electron chi connectivity index (χ3n) is 5.24. The maximum atomic E-state index is 12.8. The molecule has 0 amide bonds. The molecule has 1 aromatic carbocycles. The van der Waals surface area contributed by atoms with Crippen LogP contribution in [0.4, 0.5) is 13.2 Å². The monoisotopic (exact) mass is 540 g/mol. The van der Waals surface area contributed by atoms with Crippen molar-refractivity contribution in [1.29, 1.82) is 0 Å². The van der Waals surface area contributed by atoms with Crippen LogP contribution in [0, 0.1) is 12.8 Å². The van der Waals surface area contributed by atoms with E-state index in [0.717, 1.165) is 38.1 Å². The van der Waals surface area contributed by atoms with Crippen LogP contribution in [0.2, 0.25) is 0 Å². The molecule has 6 nitrogen and oxygen atoms in total. The van der Waals surface area contributed by atoms with Gasteiger partial charge in [-0.2, -0.15) is 13.2 Å². The Morgan fingerprint density at radius 2 is 1.58 bits per heavy atom. The van der Waals surface area contributed by atoms with Crippen molar-refractivity contribution < 1.29 is 32.9 Å². The van der Waals surface area contributed by atoms with E-state index in [2.05, 4.69) is 47.0 Å². The highest BCUT2D eigenvalue weighted by molar-refractivity contribution is 5.94. The largest absolute Gasteiger partial charge is 0.476 e. The van der Waals surface area contributed by atoms with E-state index < -0.39 is 18.0 Å². The molecular formula is C29H43F3N2O4. The maximum absolute atomic E-state index is 12.8. The van der Waals surface area contributed by atoms with Crippen LogP contribution < -0.4 is 0 Å². The summed E-state index contributed by atoms with van der Waals surface area (Å²) in [4.78, 5) is 6.60. The van der Waals surface area contributed by atoms with Gasteiger partial charge in [-0.1, -0.05) is 38.2 Å². The van der Waals surface area contributed by atoms with Gasteiger partial charge in [0.25, 0.3) is 0 Å². The Labute approximate surface area is 225 Å². The van der Waals surface area contributed by atoms with Gasteiger partial charge in [0.2, 0.25) is 5.90 Å². The first kappa shape index (κ1) is 35.4. The van der Waals surface area contributed by atoms with Gasteiger partial charge < -0.3 is 19.7 Å². The number of aliphatic hydroxyl groups excluding tert-OH is 1. The third kappa shape index (κ3) is 15.6. The van der Waals surface area contributed by atoms with Crippen molar-refractivity contribution in [3.05, 3.63) is 59.7 Å². The molecule has 1 aromatic rings. The topological polar surface area (TPSA) is 74.5 Å². The Bertz CT molecular complexity index is 814. The molecule has 0 fully saturated rings. The van der Waals surface area contributed by atoms with Crippen molar-refractivity contribution in [3.8, 4) is 12.8 Å². The molecule has 0 aromatic heterocycles. The number of alkyl halides is 3. The van der Waals surface area contributed by atoms with Crippen LogP contribution in [-0.4, -0.2) is 72.8 Å². The number of hydrogen-bond donors (Lipinski definition) is 2. The maximum Gasteiger partial charge on any atom is 0.416 e. The lowest BCUT2D eigenvalue weighted by Gasteiger charge is -2.22. The van der Waals surface area contributed by atoms with E-state index in [-0.39, 0.29) is 12.7 Å². The third-order valence-corrected chi connectivity index (χ3v) is 5.24. The van der Waals surface area contributed by atoms with Crippen molar-refractivity contribution in [2.45, 2.75) is 65.0 Å². The zero-order valence-corrected chi connectivity index (χ0v) is 22.7. The molecule has 0 bridgehead atoms. The molecule has 0 saturated heterocycles. The minimum atomic E-state index is -4.37. The van der Waals surface area contributed by atoms with E-state index in [1.54, 1.807) is 0 Å². The lowest BCUT2D eigenvalue weighted by Crippen LogP contribution is -2.30. The van der Waals surface area contributed by atoms with E-state index in [0.29, 0.717) is 44.0 Å². The molecule has 1 aliphatic heterocycles. The van der Waals surface area contributed by atoms with E-state index in [1.165, 1.54) is 12.1 Å². The molecule has 0 atom stereocenters. The van der Waals surface area contributed by atoms with Gasteiger partial charge in [-0.15, -0.1) is 12.8 Å². The fourth-order valence-corrected chi connectivity index (χ4v) is 3.47. The van der Waals surface area contributed by atoms with Gasteiger partial charge in [0.05, 0.1) is 18.3 Å². The van der Waals surface area contributed by atoms with Crippen LogP contribution in [0.5, 0.6) is 0 Å². The summed E-state index contributed by atoms with van der Waals surface area (Å²) < 4.78 is 49.9. The summed E-state index contributed by atoms with van der Waals surface area (Å²) in [5.41, 5.74) is -0.170. The summed E-state index contributed by atoms with van der Waals surface area (Å²) in [7, 11) is 0. The molecule has 0 radical (unpaired) electrons. The molecule has 214 valence electrons. The minimum Gasteiger partial charge on any atom is -0.476 e. The number of rotatable bonds is 8. The molecule has 1 heterocycles. The predicted octanol–water partition coefficient (Wildman–Crippen LogP) is 5.45. The highest BCUT2D eigenvalue weighted by Crippen LogP contribution is 2.29. The van der Waals surface area contributed by atoms with E-state index in [1.807, 2.05) is 20.8 Å². The number of halogens is 3. The molecule has 0 saturated carbocycles. The summed E-state index contributed by atoms with van der Waals surface area (Å²) in [6.07, 6.45) is 13.5. The highest BCUT2D eigenvalue weighted by atomic mass is 19.4. The van der Waals surface area contributed by atoms with E-state index in [9.17, 15) is 13.2 Å². The SMILES string of the molecule is C#C.CC.CCN=C(OCCN1CC/C=C/CC(OCC(O)O)C/C=C/CC1)c1ccc(C(F)(F)F)cc1. The number of aliphatic hydroxyl groups is 2. The second-order valence-corrected chi connectivity index (χ2v) is 7.97. The first-order valence-corrected chi connectivity index (χ1v) is 13.0. The van der Waals surface area contributed by atoms with Crippen LogP contribution in [0.1, 0.15) is 57.6 Å². The van der Waals surface area contributed by atoms with Crippen molar-refractivity contribution in [3.63, 3.8) is 0 Å². The molecule has 0 spiro atoms. The van der Waals surface area contributed by atoms with Crippen LogP contribution in [0.3, 0.4) is 0 Å². The molecular weight excluding hydrogens is 497 g/mol. The summed E-state index contributed by atoms with van der Waals surface area (Å²) >= 11 is 0. The van der Waals surface area contributed by atoms with Gasteiger partial charge in [0.1, 0.15) is 6.61 Å². The van der Waals surface area contributed by atoms with Gasteiger partial charge in [-0.25, -0.2) is 0 Å². The van der Waals surface area contributed by atoms with Crippen molar-refractivity contribution in [1.82, 2.24) is 4.90 Å². The second-order valence-electron chi connectivity index (χ2n) is 7.97. The number of benzene rings is 1. The molecule has 0 unspecified atom stereocenters. The fraction of sp³-hybridized carbons (Fsp3) is 0.552. The lowest BCUT2D eigenvalue weighted by molar-refractivity contribution is -0.137. The standard InChI is InChI=1S/C25H35F3N2O4.C2H6.C2H2/c1-2-29-24(20-11-13-21(14-12-20)25(26,27)28)33-18-17-30-15-7-3-5-9-22(34-19-23(31)32)10-6-4-8-16-30;2*1-2/h3-6,11-14,22-23,31-32H,2,7-10,15-19H2,1H3;1-2H3;1-2H/b5-3+,6-4+,29-24?;;. The van der Waals surface area contributed by atoms with Crippen molar-refractivity contribution in [2.24, 2.45) is 4.99 Å². The zero-order chi connectivity index (χ0) is 28.8. The number of hydrogen-bond acceptors (Lipinski definition) is 6. The number of ether oxygens (including phenoxy) is 2. The number of aliphatic imine (C=N–C) groups is 1. The summed E-state index contributed by atoms with van der Waals surface area (Å²) in [6, 6.07) is 4.86. The Hall–Kier alpha value is -2.64. The average Bonchev–Trinajstić information content (AvgIpc) is 2.90. The van der Waals surface area contributed by atoms with Gasteiger partial charge in [-0.3, -0.25) is 9.89 Å². The molecule has 2 N–H and O–H groups in total. The number of terminal acetylenes is 1. The predicted molar refractivity (Wildman–Crippen MR) is 147 cm³/mol. The normalized spacial score (nSPS) is 17.6. The number of nitrogens with zero attached hydrogens (tertiary/aromatic N) is 2. The zero-order valence-electron chi connectivity index (χ0n) is 22.7.